The molecule has 8 nitrogen and oxygen atoms in total. The zero-order chi connectivity index (χ0) is 22.6. The number of nitrogens with zero attached hydrogens (tertiary/aromatic N) is 1. The molecule has 1 N–H and O–H groups in total. The first-order valence-electron chi connectivity index (χ1n) is 9.90. The minimum absolute atomic E-state index is 0.243. The predicted molar refractivity (Wildman–Crippen MR) is 116 cm³/mol. The zero-order valence-electron chi connectivity index (χ0n) is 17.8. The summed E-state index contributed by atoms with van der Waals surface area (Å²) in [6.45, 7) is 2.41. The fourth-order valence-corrected chi connectivity index (χ4v) is 4.97. The summed E-state index contributed by atoms with van der Waals surface area (Å²) in [5.74, 6) is -0.697. The third kappa shape index (κ3) is 5.05. The van der Waals surface area contributed by atoms with Crippen molar-refractivity contribution in [2.75, 3.05) is 32.6 Å². The van der Waals surface area contributed by atoms with Gasteiger partial charge in [-0.2, -0.15) is 4.31 Å². The van der Waals surface area contributed by atoms with Gasteiger partial charge in [0.15, 0.2) is 0 Å². The molecule has 0 saturated carbocycles. The number of methoxy groups -OCH3 is 2. The lowest BCUT2D eigenvalue weighted by atomic mass is 9.97. The van der Waals surface area contributed by atoms with Gasteiger partial charge in [0.2, 0.25) is 15.9 Å². The summed E-state index contributed by atoms with van der Waals surface area (Å²) in [4.78, 5) is 24.8. The maximum atomic E-state index is 12.8. The molecule has 0 atom stereocenters. The highest BCUT2D eigenvalue weighted by molar-refractivity contribution is 7.89. The second kappa shape index (κ2) is 9.49. The van der Waals surface area contributed by atoms with Crippen molar-refractivity contribution in [3.05, 3.63) is 53.6 Å². The Kier molecular flexibility index (Phi) is 6.97. The molecule has 2 aromatic rings. The fraction of sp³-hybridized carbons (Fsp3) is 0.364. The van der Waals surface area contributed by atoms with Crippen molar-refractivity contribution < 1.29 is 27.5 Å². The van der Waals surface area contributed by atoms with Crippen LogP contribution in [0.1, 0.15) is 28.8 Å². The highest BCUT2D eigenvalue weighted by Gasteiger charge is 2.32. The van der Waals surface area contributed by atoms with Crippen LogP contribution in [0.15, 0.2) is 47.4 Å². The molecular weight excluding hydrogens is 420 g/mol. The molecule has 1 amide bonds. The van der Waals surface area contributed by atoms with Crippen molar-refractivity contribution >= 4 is 27.6 Å². The number of benzene rings is 2. The average molecular weight is 447 g/mol. The van der Waals surface area contributed by atoms with Crippen LogP contribution in [0.4, 0.5) is 5.69 Å². The van der Waals surface area contributed by atoms with Crippen LogP contribution in [0.25, 0.3) is 0 Å². The number of sulfonamides is 1. The molecule has 1 saturated heterocycles. The van der Waals surface area contributed by atoms with Crippen molar-refractivity contribution in [1.29, 1.82) is 0 Å². The van der Waals surface area contributed by atoms with E-state index in [0.29, 0.717) is 24.3 Å². The number of hydrogen-bond donors (Lipinski definition) is 1. The topological polar surface area (TPSA) is 102 Å². The van der Waals surface area contributed by atoms with E-state index in [-0.39, 0.29) is 35.4 Å². The number of aryl methyl sites for hydroxylation is 1. The van der Waals surface area contributed by atoms with Crippen LogP contribution in [-0.2, 0) is 19.6 Å². The van der Waals surface area contributed by atoms with E-state index in [1.807, 2.05) is 6.92 Å². The van der Waals surface area contributed by atoms with E-state index in [1.54, 1.807) is 36.4 Å². The SMILES string of the molecule is COC(=O)c1ccc(OC)c(NC(=O)C2CCN(S(=O)(=O)c3ccc(C)cc3)CC2)c1. The molecule has 0 bridgehead atoms. The molecule has 0 aliphatic carbocycles. The van der Waals surface area contributed by atoms with E-state index < -0.39 is 16.0 Å². The summed E-state index contributed by atoms with van der Waals surface area (Å²) >= 11 is 0. The van der Waals surface area contributed by atoms with Gasteiger partial charge in [0.25, 0.3) is 0 Å². The number of carbonyl (C=O) groups is 2. The molecule has 0 unspecified atom stereocenters. The van der Waals surface area contributed by atoms with Gasteiger partial charge in [0.05, 0.1) is 30.4 Å². The minimum atomic E-state index is -3.59. The first-order valence-corrected chi connectivity index (χ1v) is 11.3. The second-order valence-corrected chi connectivity index (χ2v) is 9.33. The number of esters is 1. The van der Waals surface area contributed by atoms with Gasteiger partial charge in [0, 0.05) is 19.0 Å². The summed E-state index contributed by atoms with van der Waals surface area (Å²) in [5.41, 5.74) is 1.64. The van der Waals surface area contributed by atoms with Crippen LogP contribution >= 0.6 is 0 Å². The lowest BCUT2D eigenvalue weighted by molar-refractivity contribution is -0.120. The molecule has 9 heteroatoms. The molecule has 0 spiro atoms. The van der Waals surface area contributed by atoms with Crippen molar-refractivity contribution in [3.8, 4) is 5.75 Å². The van der Waals surface area contributed by atoms with Crippen LogP contribution in [0.2, 0.25) is 0 Å². The number of amides is 1. The zero-order valence-corrected chi connectivity index (χ0v) is 18.6. The van der Waals surface area contributed by atoms with Crippen molar-refractivity contribution in [2.45, 2.75) is 24.7 Å². The van der Waals surface area contributed by atoms with Crippen LogP contribution < -0.4 is 10.1 Å². The van der Waals surface area contributed by atoms with Gasteiger partial charge in [0.1, 0.15) is 5.75 Å². The number of hydrogen-bond acceptors (Lipinski definition) is 6. The molecule has 0 aromatic heterocycles. The van der Waals surface area contributed by atoms with E-state index in [9.17, 15) is 18.0 Å². The average Bonchev–Trinajstić information content (AvgIpc) is 2.78. The summed E-state index contributed by atoms with van der Waals surface area (Å²) < 4.78 is 37.1. The largest absolute Gasteiger partial charge is 0.495 e. The molecule has 1 aliphatic heterocycles. The molecule has 31 heavy (non-hydrogen) atoms. The Hall–Kier alpha value is -2.91. The Morgan fingerprint density at radius 1 is 1.03 bits per heavy atom. The molecule has 2 aromatic carbocycles. The fourth-order valence-electron chi connectivity index (χ4n) is 3.50. The number of ether oxygens (including phenoxy) is 2. The number of nitrogens with one attached hydrogen (secondary N) is 1. The smallest absolute Gasteiger partial charge is 0.337 e. The summed E-state index contributed by atoms with van der Waals surface area (Å²) in [6.07, 6.45) is 0.797. The molecular formula is C22H26N2O6S. The molecule has 1 fully saturated rings. The monoisotopic (exact) mass is 446 g/mol. The maximum Gasteiger partial charge on any atom is 0.337 e. The quantitative estimate of drug-likeness (QED) is 0.685. The Morgan fingerprint density at radius 2 is 1.68 bits per heavy atom. The van der Waals surface area contributed by atoms with Gasteiger partial charge in [-0.1, -0.05) is 17.7 Å². The van der Waals surface area contributed by atoms with Gasteiger partial charge in [-0.05, 0) is 50.1 Å². The van der Waals surface area contributed by atoms with Crippen LogP contribution in [-0.4, -0.2) is 51.9 Å². The standard InChI is InChI=1S/C22H26N2O6S/c1-15-4-7-18(8-5-15)31(27,28)24-12-10-16(11-13-24)21(25)23-19-14-17(22(26)30-3)6-9-20(19)29-2/h4-9,14,16H,10-13H2,1-3H3,(H,23,25). The Labute approximate surface area is 182 Å². The number of piperidine rings is 1. The van der Waals surface area contributed by atoms with Crippen molar-refractivity contribution in [3.63, 3.8) is 0 Å². The normalized spacial score (nSPS) is 15.3. The van der Waals surface area contributed by atoms with E-state index >= 15 is 0 Å². The van der Waals surface area contributed by atoms with E-state index in [1.165, 1.54) is 24.6 Å². The van der Waals surface area contributed by atoms with Gasteiger partial charge < -0.3 is 14.8 Å². The third-order valence-corrected chi connectivity index (χ3v) is 7.27. The second-order valence-electron chi connectivity index (χ2n) is 7.39. The third-order valence-electron chi connectivity index (χ3n) is 5.36. The minimum Gasteiger partial charge on any atom is -0.495 e. The van der Waals surface area contributed by atoms with E-state index in [0.717, 1.165) is 5.56 Å². The molecule has 3 rings (SSSR count). The summed E-state index contributed by atoms with van der Waals surface area (Å²) in [6, 6.07) is 11.4. The lowest BCUT2D eigenvalue weighted by Crippen LogP contribution is -2.41. The van der Waals surface area contributed by atoms with Crippen LogP contribution in [0, 0.1) is 12.8 Å². The highest BCUT2D eigenvalue weighted by Crippen LogP contribution is 2.29. The number of anilines is 1. The molecule has 0 radical (unpaired) electrons. The van der Waals surface area contributed by atoms with E-state index in [4.69, 9.17) is 9.47 Å². The van der Waals surface area contributed by atoms with Crippen molar-refractivity contribution in [1.82, 2.24) is 4.31 Å². The number of carbonyl (C=O) groups excluding carboxylic acids is 2. The Balaban J connectivity index is 1.67. The molecule has 166 valence electrons. The van der Waals surface area contributed by atoms with Gasteiger partial charge in [-0.15, -0.1) is 0 Å². The Bertz CT molecular complexity index is 1060. The Morgan fingerprint density at radius 3 is 2.26 bits per heavy atom. The van der Waals surface area contributed by atoms with Gasteiger partial charge >= 0.3 is 5.97 Å². The first-order chi connectivity index (χ1) is 14.8. The first kappa shape index (κ1) is 22.8. The van der Waals surface area contributed by atoms with Gasteiger partial charge in [-0.25, -0.2) is 13.2 Å². The highest BCUT2D eigenvalue weighted by atomic mass is 32.2. The van der Waals surface area contributed by atoms with Crippen molar-refractivity contribution in [2.24, 2.45) is 5.92 Å². The van der Waals surface area contributed by atoms with Crippen LogP contribution in [0.3, 0.4) is 0 Å². The number of rotatable bonds is 6. The lowest BCUT2D eigenvalue weighted by Gasteiger charge is -2.30. The maximum absolute atomic E-state index is 12.8. The van der Waals surface area contributed by atoms with E-state index in [2.05, 4.69) is 5.32 Å². The molecule has 1 heterocycles. The van der Waals surface area contributed by atoms with Crippen LogP contribution in [0.5, 0.6) is 5.75 Å². The predicted octanol–water partition coefficient (Wildman–Crippen LogP) is 2.83. The van der Waals surface area contributed by atoms with Gasteiger partial charge in [-0.3, -0.25) is 4.79 Å². The summed E-state index contributed by atoms with van der Waals surface area (Å²) in [7, 11) is -0.835. The molecule has 1 aliphatic rings. The summed E-state index contributed by atoms with van der Waals surface area (Å²) in [5, 5.41) is 2.80.